The van der Waals surface area contributed by atoms with E-state index in [1.54, 1.807) is 0 Å². The van der Waals surface area contributed by atoms with Gasteiger partial charge in [-0.3, -0.25) is 9.69 Å². The predicted octanol–water partition coefficient (Wildman–Crippen LogP) is 0.836. The molecule has 1 aromatic carbocycles. The third-order valence-electron chi connectivity index (χ3n) is 4.52. The molecule has 1 aromatic rings. The number of carbonyl (C=O) groups excluding carboxylic acids is 1. The normalized spacial score (nSPS) is 22.2. The van der Waals surface area contributed by atoms with Crippen molar-refractivity contribution in [2.24, 2.45) is 0 Å². The minimum Gasteiger partial charge on any atom is -0.473 e. The lowest BCUT2D eigenvalue weighted by molar-refractivity contribution is -0.159. The molecule has 2 unspecified atom stereocenters. The van der Waals surface area contributed by atoms with Crippen molar-refractivity contribution < 1.29 is 29.3 Å². The molecule has 0 radical (unpaired) electrons. The van der Waals surface area contributed by atoms with E-state index >= 15 is 0 Å². The number of hydrogen-bond acceptors (Lipinski definition) is 5. The second-order valence-electron chi connectivity index (χ2n) is 6.90. The quantitative estimate of drug-likeness (QED) is 0.734. The van der Waals surface area contributed by atoms with Crippen molar-refractivity contribution in [3.8, 4) is 0 Å². The summed E-state index contributed by atoms with van der Waals surface area (Å²) in [7, 11) is 0. The van der Waals surface area contributed by atoms with E-state index < -0.39 is 11.9 Å². The van der Waals surface area contributed by atoms with Gasteiger partial charge in [0.15, 0.2) is 0 Å². The Morgan fingerprint density at radius 3 is 2.15 bits per heavy atom. The molecule has 1 amide bonds. The van der Waals surface area contributed by atoms with Crippen molar-refractivity contribution in [3.05, 3.63) is 35.4 Å². The van der Waals surface area contributed by atoms with Gasteiger partial charge in [-0.2, -0.15) is 0 Å². The van der Waals surface area contributed by atoms with E-state index in [9.17, 15) is 4.79 Å². The van der Waals surface area contributed by atoms with Crippen LogP contribution in [0.5, 0.6) is 0 Å². The smallest absolute Gasteiger partial charge is 0.414 e. The molecule has 148 valence electrons. The number of nitrogens with zero attached hydrogens (tertiary/aromatic N) is 2. The lowest BCUT2D eigenvalue weighted by Gasteiger charge is -2.36. The van der Waals surface area contributed by atoms with Gasteiger partial charge in [0.05, 0.1) is 18.8 Å². The van der Waals surface area contributed by atoms with Crippen molar-refractivity contribution in [2.45, 2.75) is 39.0 Å². The number of rotatable bonds is 2. The molecule has 0 saturated carbocycles. The Bertz CT molecular complexity index is 671. The average Bonchev–Trinajstić information content (AvgIpc) is 2.60. The summed E-state index contributed by atoms with van der Waals surface area (Å²) in [6, 6.07) is 8.43. The minimum absolute atomic E-state index is 0.212. The van der Waals surface area contributed by atoms with E-state index in [0.717, 1.165) is 32.6 Å². The van der Waals surface area contributed by atoms with Crippen LogP contribution in [0.25, 0.3) is 0 Å². The first-order valence-corrected chi connectivity index (χ1v) is 8.94. The SMILES string of the molecule is CC1CN(CC(=O)N2CCc3ccccc3C2)CC(C)O1.O=C(O)C(=O)O. The third kappa shape index (κ3) is 6.33. The molecule has 2 heterocycles. The van der Waals surface area contributed by atoms with E-state index in [1.807, 2.05) is 4.90 Å². The first-order chi connectivity index (χ1) is 12.8. The predicted molar refractivity (Wildman–Crippen MR) is 97.3 cm³/mol. The Balaban J connectivity index is 0.000000380. The van der Waals surface area contributed by atoms with Crippen LogP contribution >= 0.6 is 0 Å². The number of carboxylic acids is 2. The average molecular weight is 378 g/mol. The standard InChI is InChI=1S/C17H24N2O2.C2H2O4/c1-13-9-18(10-14(2)21-13)12-17(20)19-8-7-15-5-3-4-6-16(15)11-19;3-1(4)2(5)6/h3-6,13-14H,7-12H2,1-2H3;(H,3,4)(H,5,6). The minimum atomic E-state index is -1.82. The van der Waals surface area contributed by atoms with Crippen LogP contribution in [0, 0.1) is 0 Å². The number of aliphatic carboxylic acids is 2. The Morgan fingerprint density at radius 1 is 1.04 bits per heavy atom. The second-order valence-corrected chi connectivity index (χ2v) is 6.90. The highest BCUT2D eigenvalue weighted by Gasteiger charge is 2.26. The van der Waals surface area contributed by atoms with Crippen LogP contribution in [0.1, 0.15) is 25.0 Å². The molecular weight excluding hydrogens is 352 g/mol. The van der Waals surface area contributed by atoms with Crippen molar-refractivity contribution in [2.75, 3.05) is 26.2 Å². The molecule has 1 fully saturated rings. The number of morpholine rings is 1. The maximum atomic E-state index is 12.5. The summed E-state index contributed by atoms with van der Waals surface area (Å²) in [6.45, 7) is 7.95. The van der Waals surface area contributed by atoms with Gasteiger partial charge in [0.2, 0.25) is 5.91 Å². The number of ether oxygens (including phenoxy) is 1. The van der Waals surface area contributed by atoms with E-state index in [0.29, 0.717) is 6.54 Å². The molecular formula is C19H26N2O6. The Labute approximate surface area is 158 Å². The molecule has 8 nitrogen and oxygen atoms in total. The maximum absolute atomic E-state index is 12.5. The number of fused-ring (bicyclic) bond motifs is 1. The first kappa shape index (κ1) is 20.9. The van der Waals surface area contributed by atoms with E-state index in [1.165, 1.54) is 11.1 Å². The fourth-order valence-electron chi connectivity index (χ4n) is 3.41. The van der Waals surface area contributed by atoms with Gasteiger partial charge in [-0.15, -0.1) is 0 Å². The summed E-state index contributed by atoms with van der Waals surface area (Å²) < 4.78 is 5.72. The Hall–Kier alpha value is -2.45. The lowest BCUT2D eigenvalue weighted by Crippen LogP contribution is -2.50. The van der Waals surface area contributed by atoms with Crippen LogP contribution in [-0.2, 0) is 32.1 Å². The Morgan fingerprint density at radius 2 is 1.59 bits per heavy atom. The molecule has 0 aromatic heterocycles. The van der Waals surface area contributed by atoms with Gasteiger partial charge in [0.1, 0.15) is 0 Å². The summed E-state index contributed by atoms with van der Waals surface area (Å²) in [6.07, 6.45) is 1.39. The highest BCUT2D eigenvalue weighted by Crippen LogP contribution is 2.19. The molecule has 0 bridgehead atoms. The molecule has 27 heavy (non-hydrogen) atoms. The summed E-state index contributed by atoms with van der Waals surface area (Å²) in [4.78, 5) is 34.9. The monoisotopic (exact) mass is 378 g/mol. The molecule has 0 spiro atoms. The van der Waals surface area contributed by atoms with Gasteiger partial charge in [0, 0.05) is 26.2 Å². The zero-order valence-electron chi connectivity index (χ0n) is 15.6. The maximum Gasteiger partial charge on any atom is 0.414 e. The van der Waals surface area contributed by atoms with E-state index in [4.69, 9.17) is 24.5 Å². The highest BCUT2D eigenvalue weighted by atomic mass is 16.5. The zero-order valence-corrected chi connectivity index (χ0v) is 15.6. The van der Waals surface area contributed by atoms with Crippen LogP contribution in [0.4, 0.5) is 0 Å². The van der Waals surface area contributed by atoms with Crippen LogP contribution in [0.3, 0.4) is 0 Å². The van der Waals surface area contributed by atoms with Crippen LogP contribution in [-0.4, -0.2) is 76.2 Å². The number of benzene rings is 1. The van der Waals surface area contributed by atoms with E-state index in [-0.39, 0.29) is 18.1 Å². The molecule has 0 aliphatic carbocycles. The van der Waals surface area contributed by atoms with Crippen molar-refractivity contribution in [1.82, 2.24) is 9.80 Å². The number of amides is 1. The van der Waals surface area contributed by atoms with E-state index in [2.05, 4.69) is 43.0 Å². The second kappa shape index (κ2) is 9.48. The Kier molecular flexibility index (Phi) is 7.32. The fourth-order valence-corrected chi connectivity index (χ4v) is 3.41. The molecule has 3 rings (SSSR count). The van der Waals surface area contributed by atoms with Gasteiger partial charge >= 0.3 is 11.9 Å². The van der Waals surface area contributed by atoms with Crippen LogP contribution < -0.4 is 0 Å². The molecule has 2 N–H and O–H groups in total. The number of carbonyl (C=O) groups is 3. The molecule has 2 atom stereocenters. The summed E-state index contributed by atoms with van der Waals surface area (Å²) in [5, 5.41) is 14.8. The highest BCUT2D eigenvalue weighted by molar-refractivity contribution is 6.27. The fraction of sp³-hybridized carbons (Fsp3) is 0.526. The number of hydrogen-bond donors (Lipinski definition) is 2. The molecule has 8 heteroatoms. The largest absolute Gasteiger partial charge is 0.473 e. The van der Waals surface area contributed by atoms with Gasteiger partial charge in [0.25, 0.3) is 0 Å². The van der Waals surface area contributed by atoms with Crippen LogP contribution in [0.15, 0.2) is 24.3 Å². The van der Waals surface area contributed by atoms with Crippen molar-refractivity contribution in [3.63, 3.8) is 0 Å². The van der Waals surface area contributed by atoms with Gasteiger partial charge in [-0.25, -0.2) is 9.59 Å². The molecule has 2 aliphatic rings. The number of carboxylic acid groups (broad SMARTS) is 2. The van der Waals surface area contributed by atoms with Gasteiger partial charge < -0.3 is 19.8 Å². The third-order valence-corrected chi connectivity index (χ3v) is 4.52. The molecule has 1 saturated heterocycles. The topological polar surface area (TPSA) is 107 Å². The first-order valence-electron chi connectivity index (χ1n) is 8.94. The van der Waals surface area contributed by atoms with Crippen molar-refractivity contribution in [1.29, 1.82) is 0 Å². The molecule has 2 aliphatic heterocycles. The van der Waals surface area contributed by atoms with Gasteiger partial charge in [-0.1, -0.05) is 24.3 Å². The van der Waals surface area contributed by atoms with Crippen LogP contribution in [0.2, 0.25) is 0 Å². The van der Waals surface area contributed by atoms with Crippen molar-refractivity contribution >= 4 is 17.8 Å². The lowest BCUT2D eigenvalue weighted by atomic mass is 10.00. The summed E-state index contributed by atoms with van der Waals surface area (Å²) in [5.41, 5.74) is 2.68. The summed E-state index contributed by atoms with van der Waals surface area (Å²) >= 11 is 0. The summed E-state index contributed by atoms with van der Waals surface area (Å²) in [5.74, 6) is -3.41. The zero-order chi connectivity index (χ0) is 20.0. The van der Waals surface area contributed by atoms with Gasteiger partial charge in [-0.05, 0) is 31.4 Å².